The minimum atomic E-state index is -2.58. The molecule has 0 unspecified atom stereocenters. The first-order valence-corrected chi connectivity index (χ1v) is 25.4. The van der Waals surface area contributed by atoms with E-state index >= 15 is 0 Å². The normalized spacial score (nSPS) is 12.3. The van der Waals surface area contributed by atoms with Crippen molar-refractivity contribution in [2.24, 2.45) is 0 Å². The second-order valence-corrected chi connectivity index (χ2v) is 26.3. The number of rotatable bonds is 20. The summed E-state index contributed by atoms with van der Waals surface area (Å²) in [5, 5.41) is 5.22. The third-order valence-electron chi connectivity index (χ3n) is 11.5. The van der Waals surface area contributed by atoms with Gasteiger partial charge >= 0.3 is 0 Å². The fourth-order valence-electron chi connectivity index (χ4n) is 8.66. The summed E-state index contributed by atoms with van der Waals surface area (Å²) in [6.45, 7) is 18.0. The zero-order chi connectivity index (χ0) is 41.6. The molecular weight excluding hydrogens is 755 g/mol. The number of nitrogens with zero attached hydrogens (tertiary/aromatic N) is 1. The Bertz CT molecular complexity index is 1910. The van der Waals surface area contributed by atoms with Crippen molar-refractivity contribution in [3.63, 3.8) is 0 Å². The summed E-state index contributed by atoms with van der Waals surface area (Å²) in [5.41, 5.74) is 2.35. The first-order chi connectivity index (χ1) is 28.5. The standard InChI is InChI=1S/C53H65NO3Si2/c1-52(2,3)58(48-31-14-8-15-32-48,49-33-16-9-17-34-49)56-41-24-22-39-54(46-29-26-30-47(43-46)55-44-45-27-12-7-13-28-45)40-23-25-42-57-59(53(4,5)6,50-35-18-10-19-36-50)51-37-20-11-21-38-51/h7-21,26-38,43H,22-25,39-42,44H2,1-6H3. The summed E-state index contributed by atoms with van der Waals surface area (Å²) in [5.74, 6) is 0.890. The van der Waals surface area contributed by atoms with Gasteiger partial charge in [0.2, 0.25) is 0 Å². The highest BCUT2D eigenvalue weighted by molar-refractivity contribution is 7.00. The summed E-state index contributed by atoms with van der Waals surface area (Å²) < 4.78 is 20.9. The molecule has 0 spiro atoms. The molecule has 6 heteroatoms. The Morgan fingerprint density at radius 2 is 0.797 bits per heavy atom. The van der Waals surface area contributed by atoms with E-state index in [1.54, 1.807) is 0 Å². The molecule has 6 aromatic carbocycles. The number of unbranched alkanes of at least 4 members (excludes halogenated alkanes) is 2. The van der Waals surface area contributed by atoms with Crippen LogP contribution in [0, 0.1) is 0 Å². The molecule has 0 saturated carbocycles. The maximum absolute atomic E-state index is 7.28. The van der Waals surface area contributed by atoms with Crippen molar-refractivity contribution in [3.8, 4) is 5.75 Å². The van der Waals surface area contributed by atoms with Crippen molar-refractivity contribution in [1.29, 1.82) is 0 Å². The average Bonchev–Trinajstić information content (AvgIpc) is 3.25. The van der Waals surface area contributed by atoms with E-state index < -0.39 is 16.6 Å². The van der Waals surface area contributed by atoms with Gasteiger partial charge in [-0.15, -0.1) is 0 Å². The number of ether oxygens (including phenoxy) is 1. The second kappa shape index (κ2) is 20.5. The van der Waals surface area contributed by atoms with Crippen LogP contribution < -0.4 is 30.4 Å². The van der Waals surface area contributed by atoms with E-state index in [0.29, 0.717) is 19.8 Å². The van der Waals surface area contributed by atoms with Crippen LogP contribution in [0.15, 0.2) is 176 Å². The predicted octanol–water partition coefficient (Wildman–Crippen LogP) is 10.8. The highest BCUT2D eigenvalue weighted by Crippen LogP contribution is 2.38. The predicted molar refractivity (Wildman–Crippen MR) is 255 cm³/mol. The molecule has 0 saturated heterocycles. The van der Waals surface area contributed by atoms with E-state index in [-0.39, 0.29) is 10.1 Å². The molecule has 0 aliphatic rings. The van der Waals surface area contributed by atoms with Crippen LogP contribution in [0.2, 0.25) is 10.1 Å². The van der Waals surface area contributed by atoms with E-state index in [2.05, 4.69) is 216 Å². The Hall–Kier alpha value is -4.73. The Balaban J connectivity index is 1.16. The Kier molecular flexibility index (Phi) is 15.2. The van der Waals surface area contributed by atoms with Crippen LogP contribution in [0.3, 0.4) is 0 Å². The van der Waals surface area contributed by atoms with Crippen LogP contribution in [0.1, 0.15) is 72.8 Å². The van der Waals surface area contributed by atoms with Crippen LogP contribution in [0.25, 0.3) is 0 Å². The lowest BCUT2D eigenvalue weighted by Crippen LogP contribution is -2.66. The van der Waals surface area contributed by atoms with E-state index in [4.69, 9.17) is 13.6 Å². The molecule has 0 aliphatic heterocycles. The van der Waals surface area contributed by atoms with Gasteiger partial charge in [0.1, 0.15) is 12.4 Å². The smallest absolute Gasteiger partial charge is 0.261 e. The number of benzene rings is 6. The molecule has 0 radical (unpaired) electrons. The van der Waals surface area contributed by atoms with Crippen molar-refractivity contribution in [1.82, 2.24) is 0 Å². The maximum Gasteiger partial charge on any atom is 0.261 e. The van der Waals surface area contributed by atoms with Gasteiger partial charge in [-0.2, -0.15) is 0 Å². The van der Waals surface area contributed by atoms with E-state index in [1.807, 2.05) is 6.07 Å². The zero-order valence-corrected chi connectivity index (χ0v) is 38.3. The van der Waals surface area contributed by atoms with Crippen molar-refractivity contribution in [3.05, 3.63) is 181 Å². The van der Waals surface area contributed by atoms with Crippen LogP contribution >= 0.6 is 0 Å². The van der Waals surface area contributed by atoms with Crippen molar-refractivity contribution in [2.45, 2.75) is 83.9 Å². The van der Waals surface area contributed by atoms with Gasteiger partial charge in [-0.25, -0.2) is 0 Å². The first-order valence-electron chi connectivity index (χ1n) is 21.6. The molecule has 0 bridgehead atoms. The SMILES string of the molecule is CC(C)(C)[Si](OCCCCN(CCCCO[Si](c1ccccc1)(c1ccccc1)C(C)(C)C)c1cccc(OCc2ccccc2)c1)(c1ccccc1)c1ccccc1. The summed E-state index contributed by atoms with van der Waals surface area (Å²) >= 11 is 0. The van der Waals surface area contributed by atoms with Crippen molar-refractivity contribution < 1.29 is 13.6 Å². The second-order valence-electron chi connectivity index (χ2n) is 17.7. The lowest BCUT2D eigenvalue weighted by molar-refractivity contribution is 0.286. The number of hydrogen-bond donors (Lipinski definition) is 0. The fraction of sp³-hybridized carbons (Fsp3) is 0.321. The van der Waals surface area contributed by atoms with E-state index in [1.165, 1.54) is 26.4 Å². The monoisotopic (exact) mass is 819 g/mol. The minimum absolute atomic E-state index is 0.0432. The maximum atomic E-state index is 7.28. The van der Waals surface area contributed by atoms with Crippen molar-refractivity contribution in [2.75, 3.05) is 31.2 Å². The van der Waals surface area contributed by atoms with Gasteiger partial charge in [0.15, 0.2) is 0 Å². The molecule has 0 fully saturated rings. The van der Waals surface area contributed by atoms with Gasteiger partial charge in [0.05, 0.1) is 0 Å². The summed E-state index contributed by atoms with van der Waals surface area (Å²) in [7, 11) is -5.17. The van der Waals surface area contributed by atoms with Gasteiger partial charge in [-0.1, -0.05) is 199 Å². The third-order valence-corrected chi connectivity index (χ3v) is 21.6. The van der Waals surface area contributed by atoms with Crippen LogP contribution in [0.4, 0.5) is 5.69 Å². The quantitative estimate of drug-likeness (QED) is 0.0567. The van der Waals surface area contributed by atoms with E-state index in [9.17, 15) is 0 Å². The molecule has 0 heterocycles. The highest BCUT2D eigenvalue weighted by atomic mass is 28.4. The molecule has 0 aliphatic carbocycles. The van der Waals surface area contributed by atoms with E-state index in [0.717, 1.165) is 50.1 Å². The summed E-state index contributed by atoms with van der Waals surface area (Å²) in [4.78, 5) is 2.54. The van der Waals surface area contributed by atoms with Crippen LogP contribution in [0.5, 0.6) is 5.75 Å². The van der Waals surface area contributed by atoms with Gasteiger partial charge < -0.3 is 18.5 Å². The summed E-state index contributed by atoms with van der Waals surface area (Å²) in [6, 6.07) is 62.9. The third kappa shape index (κ3) is 10.7. The molecule has 0 amide bonds. The van der Waals surface area contributed by atoms with Crippen LogP contribution in [-0.2, 0) is 15.5 Å². The molecule has 0 N–H and O–H groups in total. The molecule has 4 nitrogen and oxygen atoms in total. The largest absolute Gasteiger partial charge is 0.489 e. The molecule has 0 atom stereocenters. The number of hydrogen-bond acceptors (Lipinski definition) is 4. The Morgan fingerprint density at radius 3 is 1.17 bits per heavy atom. The van der Waals surface area contributed by atoms with Gasteiger partial charge in [0, 0.05) is 38.1 Å². The van der Waals surface area contributed by atoms with Gasteiger partial charge in [-0.05, 0) is 74.2 Å². The van der Waals surface area contributed by atoms with Gasteiger partial charge in [0.25, 0.3) is 16.6 Å². The molecule has 0 aromatic heterocycles. The minimum Gasteiger partial charge on any atom is -0.489 e. The lowest BCUT2D eigenvalue weighted by Gasteiger charge is -2.43. The Morgan fingerprint density at radius 1 is 0.424 bits per heavy atom. The Labute approximate surface area is 357 Å². The zero-order valence-electron chi connectivity index (χ0n) is 36.3. The average molecular weight is 820 g/mol. The highest BCUT2D eigenvalue weighted by Gasteiger charge is 2.51. The molecule has 308 valence electrons. The van der Waals surface area contributed by atoms with Gasteiger partial charge in [-0.3, -0.25) is 0 Å². The topological polar surface area (TPSA) is 30.9 Å². The molecular formula is C53H65NO3Si2. The number of anilines is 1. The van der Waals surface area contributed by atoms with Crippen LogP contribution in [-0.4, -0.2) is 42.9 Å². The fourth-order valence-corrected chi connectivity index (χ4v) is 17.9. The molecule has 6 rings (SSSR count). The first kappa shape index (κ1) is 43.8. The summed E-state index contributed by atoms with van der Waals surface area (Å²) in [6.07, 6.45) is 3.99. The molecule has 6 aromatic rings. The molecule has 59 heavy (non-hydrogen) atoms. The van der Waals surface area contributed by atoms with Crippen molar-refractivity contribution >= 4 is 43.1 Å². The lowest BCUT2D eigenvalue weighted by atomic mass is 10.2.